The highest BCUT2D eigenvalue weighted by Crippen LogP contribution is 2.19. The summed E-state index contributed by atoms with van der Waals surface area (Å²) in [5, 5.41) is 7.49. The van der Waals surface area contributed by atoms with Crippen LogP contribution in [0.3, 0.4) is 0 Å². The maximum atomic E-state index is 12.1. The van der Waals surface area contributed by atoms with E-state index in [0.717, 1.165) is 4.90 Å². The molecule has 0 atom stereocenters. The highest BCUT2D eigenvalue weighted by Gasteiger charge is 2.28. The van der Waals surface area contributed by atoms with Gasteiger partial charge in [-0.05, 0) is 12.1 Å². The molecule has 2 aromatic rings. The molecule has 0 N–H and O–H groups in total. The van der Waals surface area contributed by atoms with Crippen LogP contribution in [-0.4, -0.2) is 45.6 Å². The lowest BCUT2D eigenvalue weighted by Gasteiger charge is -2.16. The lowest BCUT2D eigenvalue weighted by molar-refractivity contribution is -0.136. The molecule has 5 nitrogen and oxygen atoms in total. The molecule has 1 amide bonds. The molecule has 0 aliphatic rings. The van der Waals surface area contributed by atoms with Gasteiger partial charge in [0.1, 0.15) is 0 Å². The predicted octanol–water partition coefficient (Wildman–Crippen LogP) is 2.29. The fraction of sp³-hybridized carbons (Fsp3) is 0.308. The van der Waals surface area contributed by atoms with Crippen molar-refractivity contribution in [3.63, 3.8) is 0 Å². The predicted molar refractivity (Wildman–Crippen MR) is 69.0 cm³/mol. The second-order valence-electron chi connectivity index (χ2n) is 4.48. The summed E-state index contributed by atoms with van der Waals surface area (Å²) in [6.45, 7) is -0.416. The van der Waals surface area contributed by atoms with Gasteiger partial charge in [-0.15, -0.1) is 5.10 Å². The van der Waals surface area contributed by atoms with E-state index < -0.39 is 25.0 Å². The standard InChI is InChI=1S/C13H13F3N4O/c1-19(8-7-13(14,15)16)12(21)11-9-20(18-17-11)10-5-3-2-4-6-10/h2-6,9H,7-8H2,1H3. The first kappa shape index (κ1) is 15.0. The van der Waals surface area contributed by atoms with Crippen LogP contribution in [0.25, 0.3) is 5.69 Å². The minimum Gasteiger partial charge on any atom is -0.340 e. The molecule has 0 spiro atoms. The van der Waals surface area contributed by atoms with Gasteiger partial charge < -0.3 is 4.90 Å². The van der Waals surface area contributed by atoms with E-state index in [1.54, 1.807) is 24.3 Å². The van der Waals surface area contributed by atoms with Gasteiger partial charge in [-0.2, -0.15) is 13.2 Å². The number of amides is 1. The van der Waals surface area contributed by atoms with Crippen molar-refractivity contribution in [2.24, 2.45) is 0 Å². The minimum absolute atomic E-state index is 0.00327. The smallest absolute Gasteiger partial charge is 0.340 e. The third-order valence-corrected chi connectivity index (χ3v) is 2.81. The first-order valence-electron chi connectivity index (χ1n) is 6.17. The average molecular weight is 298 g/mol. The number of nitrogens with zero attached hydrogens (tertiary/aromatic N) is 4. The van der Waals surface area contributed by atoms with Crippen molar-refractivity contribution in [2.45, 2.75) is 12.6 Å². The molecule has 1 aromatic carbocycles. The van der Waals surface area contributed by atoms with Gasteiger partial charge in [0.2, 0.25) is 0 Å². The summed E-state index contributed by atoms with van der Waals surface area (Å²) < 4.78 is 37.8. The molecule has 0 unspecified atom stereocenters. The van der Waals surface area contributed by atoms with Crippen LogP contribution in [0.2, 0.25) is 0 Å². The average Bonchev–Trinajstić information content (AvgIpc) is 2.94. The first-order valence-corrected chi connectivity index (χ1v) is 6.17. The fourth-order valence-corrected chi connectivity index (χ4v) is 1.66. The summed E-state index contributed by atoms with van der Waals surface area (Å²) in [7, 11) is 1.30. The molecule has 0 bridgehead atoms. The van der Waals surface area contributed by atoms with E-state index in [-0.39, 0.29) is 5.69 Å². The number of rotatable bonds is 4. The summed E-state index contributed by atoms with van der Waals surface area (Å²) in [4.78, 5) is 12.9. The van der Waals surface area contributed by atoms with Gasteiger partial charge in [-0.1, -0.05) is 23.4 Å². The third kappa shape index (κ3) is 4.04. The Bertz CT molecular complexity index is 609. The van der Waals surface area contributed by atoms with Crippen molar-refractivity contribution in [3.05, 3.63) is 42.2 Å². The Morgan fingerprint density at radius 1 is 1.29 bits per heavy atom. The Morgan fingerprint density at radius 2 is 1.95 bits per heavy atom. The number of carbonyl (C=O) groups is 1. The number of carbonyl (C=O) groups excluding carboxylic acids is 1. The first-order chi connectivity index (χ1) is 9.87. The fourth-order valence-electron chi connectivity index (χ4n) is 1.66. The highest BCUT2D eigenvalue weighted by atomic mass is 19.4. The molecule has 0 fully saturated rings. The lowest BCUT2D eigenvalue weighted by atomic mass is 10.3. The molecule has 0 radical (unpaired) electrons. The van der Waals surface area contributed by atoms with E-state index in [1.165, 1.54) is 17.9 Å². The van der Waals surface area contributed by atoms with Crippen LogP contribution in [-0.2, 0) is 0 Å². The van der Waals surface area contributed by atoms with Crippen LogP contribution in [0.4, 0.5) is 13.2 Å². The molecular formula is C13H13F3N4O. The van der Waals surface area contributed by atoms with Crippen molar-refractivity contribution in [1.82, 2.24) is 19.9 Å². The summed E-state index contributed by atoms with van der Waals surface area (Å²) in [6, 6.07) is 8.98. The Morgan fingerprint density at radius 3 is 2.57 bits per heavy atom. The van der Waals surface area contributed by atoms with Gasteiger partial charge in [0.05, 0.1) is 18.3 Å². The molecule has 0 aliphatic carbocycles. The van der Waals surface area contributed by atoms with E-state index in [0.29, 0.717) is 5.69 Å². The number of halogens is 3. The van der Waals surface area contributed by atoms with Gasteiger partial charge in [0.15, 0.2) is 5.69 Å². The summed E-state index contributed by atoms with van der Waals surface area (Å²) in [5.41, 5.74) is 0.713. The van der Waals surface area contributed by atoms with Gasteiger partial charge >= 0.3 is 6.18 Å². The maximum absolute atomic E-state index is 12.1. The van der Waals surface area contributed by atoms with Crippen molar-refractivity contribution in [3.8, 4) is 5.69 Å². The Labute approximate surface area is 119 Å². The van der Waals surface area contributed by atoms with Gasteiger partial charge in [0, 0.05) is 13.6 Å². The van der Waals surface area contributed by atoms with Crippen LogP contribution in [0.1, 0.15) is 16.9 Å². The number of aromatic nitrogens is 3. The summed E-state index contributed by atoms with van der Waals surface area (Å²) >= 11 is 0. The van der Waals surface area contributed by atoms with Crippen molar-refractivity contribution >= 4 is 5.91 Å². The molecule has 112 valence electrons. The van der Waals surface area contributed by atoms with Crippen molar-refractivity contribution in [1.29, 1.82) is 0 Å². The second-order valence-corrected chi connectivity index (χ2v) is 4.48. The summed E-state index contributed by atoms with van der Waals surface area (Å²) in [6.07, 6.45) is -3.96. The number of para-hydroxylation sites is 1. The van der Waals surface area contributed by atoms with Crippen LogP contribution in [0.5, 0.6) is 0 Å². The largest absolute Gasteiger partial charge is 0.390 e. The number of benzene rings is 1. The number of hydrogen-bond acceptors (Lipinski definition) is 3. The molecule has 21 heavy (non-hydrogen) atoms. The Hall–Kier alpha value is -2.38. The number of alkyl halides is 3. The molecule has 0 aliphatic heterocycles. The second kappa shape index (κ2) is 5.94. The Balaban J connectivity index is 2.05. The molecule has 8 heteroatoms. The van der Waals surface area contributed by atoms with Crippen molar-refractivity contribution < 1.29 is 18.0 Å². The van der Waals surface area contributed by atoms with Crippen molar-refractivity contribution in [2.75, 3.05) is 13.6 Å². The topological polar surface area (TPSA) is 51.0 Å². The van der Waals surface area contributed by atoms with Gasteiger partial charge in [-0.25, -0.2) is 4.68 Å². The van der Waals surface area contributed by atoms with E-state index >= 15 is 0 Å². The molecule has 1 heterocycles. The van der Waals surface area contributed by atoms with Crippen LogP contribution < -0.4 is 0 Å². The number of hydrogen-bond donors (Lipinski definition) is 0. The lowest BCUT2D eigenvalue weighted by Crippen LogP contribution is -2.30. The van der Waals surface area contributed by atoms with Crippen LogP contribution in [0, 0.1) is 0 Å². The van der Waals surface area contributed by atoms with E-state index in [4.69, 9.17) is 0 Å². The SMILES string of the molecule is CN(CCC(F)(F)F)C(=O)c1cn(-c2ccccc2)nn1. The third-order valence-electron chi connectivity index (χ3n) is 2.81. The molecule has 1 aromatic heterocycles. The van der Waals surface area contributed by atoms with Gasteiger partial charge in [-0.3, -0.25) is 4.79 Å². The summed E-state index contributed by atoms with van der Waals surface area (Å²) in [5.74, 6) is -0.596. The molecule has 0 saturated heterocycles. The zero-order valence-electron chi connectivity index (χ0n) is 11.2. The zero-order valence-corrected chi connectivity index (χ0v) is 11.2. The van der Waals surface area contributed by atoms with Crippen LogP contribution >= 0.6 is 0 Å². The normalized spacial score (nSPS) is 11.4. The minimum atomic E-state index is -4.30. The van der Waals surface area contributed by atoms with Gasteiger partial charge in [0.25, 0.3) is 5.91 Å². The quantitative estimate of drug-likeness (QED) is 0.870. The monoisotopic (exact) mass is 298 g/mol. The van der Waals surface area contributed by atoms with E-state index in [2.05, 4.69) is 10.3 Å². The van der Waals surface area contributed by atoms with Crippen LogP contribution in [0.15, 0.2) is 36.5 Å². The van der Waals surface area contributed by atoms with E-state index in [1.807, 2.05) is 6.07 Å². The molecular weight excluding hydrogens is 285 g/mol. The molecule has 0 saturated carbocycles. The highest BCUT2D eigenvalue weighted by molar-refractivity contribution is 5.91. The zero-order chi connectivity index (χ0) is 15.5. The Kier molecular flexibility index (Phi) is 4.25. The van der Waals surface area contributed by atoms with E-state index in [9.17, 15) is 18.0 Å². The molecule has 2 rings (SSSR count). The maximum Gasteiger partial charge on any atom is 0.390 e.